The molecule has 0 fully saturated rings. The van der Waals surface area contributed by atoms with Gasteiger partial charge < -0.3 is 16.2 Å². The summed E-state index contributed by atoms with van der Waals surface area (Å²) in [6.45, 7) is 8.59. The Hall–Kier alpha value is -1.12. The highest BCUT2D eigenvalue weighted by molar-refractivity contribution is 5.22. The summed E-state index contributed by atoms with van der Waals surface area (Å²) in [6, 6.07) is 0. The van der Waals surface area contributed by atoms with Crippen LogP contribution in [-0.2, 0) is 0 Å². The third-order valence-electron chi connectivity index (χ3n) is 2.74. The van der Waals surface area contributed by atoms with E-state index in [0.717, 1.165) is 0 Å². The van der Waals surface area contributed by atoms with Gasteiger partial charge in [-0.3, -0.25) is 5.01 Å². The molecule has 2 atom stereocenters. The van der Waals surface area contributed by atoms with Gasteiger partial charge in [-0.15, -0.1) is 0 Å². The molecular formula is C12H23F3N4O. The van der Waals surface area contributed by atoms with Crippen LogP contribution in [0.5, 0.6) is 0 Å². The topological polar surface area (TPSA) is 73.9 Å². The first-order chi connectivity index (χ1) is 9.19. The maximum Gasteiger partial charge on any atom is 0.401 e. The normalized spacial score (nSPS) is 14.7. The van der Waals surface area contributed by atoms with Crippen LogP contribution in [0.4, 0.5) is 13.2 Å². The predicted molar refractivity (Wildman–Crippen MR) is 73.4 cm³/mol. The molecule has 0 rings (SSSR count). The lowest BCUT2D eigenvalue weighted by molar-refractivity contribution is -0.124. The Bertz CT molecular complexity index is 308. The fourth-order valence-corrected chi connectivity index (χ4v) is 1.56. The molecule has 0 bridgehead atoms. The van der Waals surface area contributed by atoms with Crippen molar-refractivity contribution in [3.63, 3.8) is 0 Å². The minimum absolute atomic E-state index is 0.0352. The molecule has 5 nitrogen and oxygen atoms in total. The maximum atomic E-state index is 12.0. The van der Waals surface area contributed by atoms with Crippen LogP contribution in [0.2, 0.25) is 0 Å². The Kier molecular flexibility index (Phi) is 8.43. The van der Waals surface area contributed by atoms with Gasteiger partial charge >= 0.3 is 6.18 Å². The lowest BCUT2D eigenvalue weighted by Gasteiger charge is -2.26. The highest BCUT2D eigenvalue weighted by Gasteiger charge is 2.26. The van der Waals surface area contributed by atoms with Gasteiger partial charge in [-0.2, -0.15) is 18.3 Å². The van der Waals surface area contributed by atoms with Crippen molar-refractivity contribution in [1.29, 1.82) is 0 Å². The van der Waals surface area contributed by atoms with Gasteiger partial charge in [0.25, 0.3) is 0 Å². The zero-order valence-corrected chi connectivity index (χ0v) is 11.7. The standard InChI is InChI=1S/C12H23F3N4O/c1-9(5-18-8-12(13,14)15)6-19(17-3)7-11(4-16)10(2)20/h10-11,18,20H,1,3-8,16H2,2H3. The summed E-state index contributed by atoms with van der Waals surface area (Å²) in [4.78, 5) is 0. The van der Waals surface area contributed by atoms with Gasteiger partial charge in [0.1, 0.15) is 0 Å². The second-order valence-electron chi connectivity index (χ2n) is 4.69. The number of aliphatic hydroxyl groups excluding tert-OH is 1. The molecule has 20 heavy (non-hydrogen) atoms. The lowest BCUT2D eigenvalue weighted by Crippen LogP contribution is -2.38. The van der Waals surface area contributed by atoms with Crippen LogP contribution in [0.15, 0.2) is 17.3 Å². The summed E-state index contributed by atoms with van der Waals surface area (Å²) in [5.74, 6) is -0.184. The molecule has 2 unspecified atom stereocenters. The number of halogens is 3. The van der Waals surface area contributed by atoms with E-state index in [1.807, 2.05) is 0 Å². The van der Waals surface area contributed by atoms with Crippen molar-refractivity contribution in [2.24, 2.45) is 16.8 Å². The van der Waals surface area contributed by atoms with Crippen molar-refractivity contribution in [1.82, 2.24) is 10.3 Å². The average molecular weight is 296 g/mol. The highest BCUT2D eigenvalue weighted by atomic mass is 19.4. The van der Waals surface area contributed by atoms with E-state index in [1.54, 1.807) is 6.92 Å². The Morgan fingerprint density at radius 2 is 2.10 bits per heavy atom. The quantitative estimate of drug-likeness (QED) is 0.313. The molecule has 8 heteroatoms. The number of hydrogen-bond donors (Lipinski definition) is 3. The van der Waals surface area contributed by atoms with Gasteiger partial charge in [0, 0.05) is 25.7 Å². The molecule has 118 valence electrons. The third-order valence-corrected chi connectivity index (χ3v) is 2.74. The summed E-state index contributed by atoms with van der Waals surface area (Å²) in [6.07, 6.45) is -4.84. The van der Waals surface area contributed by atoms with E-state index in [1.165, 1.54) is 5.01 Å². The van der Waals surface area contributed by atoms with E-state index in [0.29, 0.717) is 12.1 Å². The Balaban J connectivity index is 4.16. The van der Waals surface area contributed by atoms with Crippen LogP contribution < -0.4 is 11.1 Å². The minimum Gasteiger partial charge on any atom is -0.393 e. The average Bonchev–Trinajstić information content (AvgIpc) is 2.32. The van der Waals surface area contributed by atoms with Gasteiger partial charge in [-0.05, 0) is 19.0 Å². The number of nitrogens with one attached hydrogen (secondary N) is 1. The van der Waals surface area contributed by atoms with Gasteiger partial charge in [-0.25, -0.2) is 0 Å². The zero-order chi connectivity index (χ0) is 15.8. The van der Waals surface area contributed by atoms with Crippen molar-refractivity contribution in [2.45, 2.75) is 19.2 Å². The molecule has 0 heterocycles. The monoisotopic (exact) mass is 296 g/mol. The first kappa shape index (κ1) is 18.9. The lowest BCUT2D eigenvalue weighted by atomic mass is 10.0. The molecule has 0 saturated heterocycles. The number of alkyl halides is 3. The van der Waals surface area contributed by atoms with Gasteiger partial charge in [0.05, 0.1) is 19.2 Å². The molecule has 0 saturated carbocycles. The van der Waals surface area contributed by atoms with Crippen molar-refractivity contribution >= 4 is 6.72 Å². The smallest absolute Gasteiger partial charge is 0.393 e. The van der Waals surface area contributed by atoms with Crippen LogP contribution >= 0.6 is 0 Å². The third kappa shape index (κ3) is 8.89. The first-order valence-corrected chi connectivity index (χ1v) is 6.23. The summed E-state index contributed by atoms with van der Waals surface area (Å²) in [7, 11) is 0. The second-order valence-corrected chi connectivity index (χ2v) is 4.69. The molecular weight excluding hydrogens is 273 g/mol. The molecule has 0 aromatic rings. The van der Waals surface area contributed by atoms with E-state index in [2.05, 4.69) is 23.7 Å². The SMILES string of the molecule is C=NN(CC(=C)CNCC(F)(F)F)CC(CN)C(C)O. The van der Waals surface area contributed by atoms with Crippen LogP contribution in [0, 0.1) is 5.92 Å². The number of hydrazone groups is 1. The largest absolute Gasteiger partial charge is 0.401 e. The van der Waals surface area contributed by atoms with Crippen LogP contribution in [0.3, 0.4) is 0 Å². The molecule has 0 aliphatic rings. The molecule has 0 aromatic carbocycles. The summed E-state index contributed by atoms with van der Waals surface area (Å²) in [5, 5.41) is 17.0. The van der Waals surface area contributed by atoms with Crippen molar-refractivity contribution in [3.8, 4) is 0 Å². The number of nitrogens with two attached hydrogens (primary N) is 1. The number of hydrogen-bond acceptors (Lipinski definition) is 5. The second kappa shape index (κ2) is 8.93. The Morgan fingerprint density at radius 1 is 1.50 bits per heavy atom. The van der Waals surface area contributed by atoms with E-state index < -0.39 is 18.8 Å². The predicted octanol–water partition coefficient (Wildman–Crippen LogP) is 0.568. The Morgan fingerprint density at radius 3 is 2.50 bits per heavy atom. The molecule has 0 aliphatic heterocycles. The Labute approximate surface area is 117 Å². The number of aliphatic hydroxyl groups is 1. The summed E-state index contributed by atoms with van der Waals surface area (Å²) >= 11 is 0. The fraction of sp³-hybridized carbons (Fsp3) is 0.750. The van der Waals surface area contributed by atoms with Crippen molar-refractivity contribution in [2.75, 3.05) is 32.7 Å². The van der Waals surface area contributed by atoms with E-state index in [-0.39, 0.29) is 25.6 Å². The minimum atomic E-state index is -4.24. The molecule has 0 radical (unpaired) electrons. The molecule has 4 N–H and O–H groups in total. The van der Waals surface area contributed by atoms with Gasteiger partial charge in [0.2, 0.25) is 0 Å². The van der Waals surface area contributed by atoms with Crippen LogP contribution in [0.25, 0.3) is 0 Å². The van der Waals surface area contributed by atoms with Crippen molar-refractivity contribution in [3.05, 3.63) is 12.2 Å². The first-order valence-electron chi connectivity index (χ1n) is 6.23. The van der Waals surface area contributed by atoms with Gasteiger partial charge in [-0.1, -0.05) is 6.58 Å². The molecule has 0 spiro atoms. The molecule has 0 amide bonds. The van der Waals surface area contributed by atoms with Crippen LogP contribution in [0.1, 0.15) is 6.92 Å². The maximum absolute atomic E-state index is 12.0. The molecule has 0 aliphatic carbocycles. The van der Waals surface area contributed by atoms with E-state index in [9.17, 15) is 18.3 Å². The van der Waals surface area contributed by atoms with E-state index >= 15 is 0 Å². The van der Waals surface area contributed by atoms with Crippen LogP contribution in [-0.4, -0.2) is 61.8 Å². The van der Waals surface area contributed by atoms with Crippen molar-refractivity contribution < 1.29 is 18.3 Å². The number of rotatable bonds is 10. The zero-order valence-electron chi connectivity index (χ0n) is 11.7. The van der Waals surface area contributed by atoms with Gasteiger partial charge in [0.15, 0.2) is 0 Å². The fourth-order valence-electron chi connectivity index (χ4n) is 1.56. The number of nitrogens with zero attached hydrogens (tertiary/aromatic N) is 2. The summed E-state index contributed by atoms with van der Waals surface area (Å²) < 4.78 is 35.9. The molecule has 0 aromatic heterocycles. The highest BCUT2D eigenvalue weighted by Crippen LogP contribution is 2.12. The van der Waals surface area contributed by atoms with E-state index in [4.69, 9.17) is 5.73 Å². The summed E-state index contributed by atoms with van der Waals surface area (Å²) in [5.41, 5.74) is 6.07.